The van der Waals surface area contributed by atoms with Crippen molar-refractivity contribution in [2.75, 3.05) is 13.7 Å². The number of carboxylic acid groups (broad SMARTS) is 1. The second-order valence-corrected chi connectivity index (χ2v) is 6.74. The van der Waals surface area contributed by atoms with Crippen molar-refractivity contribution in [1.82, 2.24) is 4.90 Å². The molecule has 3 rings (SSSR count). The number of ether oxygens (including phenoxy) is 1. The van der Waals surface area contributed by atoms with Crippen molar-refractivity contribution in [1.29, 1.82) is 0 Å². The Balaban J connectivity index is 1.92. The number of aromatic carboxylic acids is 1. The number of carbonyl (C=O) groups excluding carboxylic acids is 1. The van der Waals surface area contributed by atoms with Crippen LogP contribution in [0, 0.1) is 0 Å². The molecule has 1 fully saturated rings. The molecule has 2 aromatic rings. The molecule has 1 aliphatic rings. The standard InChI is InChI=1S/C21H25NO5/c1-3-18-16(21(24)25)13-19(27-18)20(23)22-12-6-4-5-7-17(22)14-8-10-15(26-2)11-9-14/h8-11,13,17H,3-7,12H2,1-2H3,(H,24,25). The Hall–Kier alpha value is -2.76. The summed E-state index contributed by atoms with van der Waals surface area (Å²) in [6.45, 7) is 2.44. The second kappa shape index (κ2) is 8.29. The summed E-state index contributed by atoms with van der Waals surface area (Å²) < 4.78 is 10.8. The molecule has 1 aromatic heterocycles. The molecule has 0 spiro atoms. The van der Waals surface area contributed by atoms with Gasteiger partial charge in [0.05, 0.1) is 13.2 Å². The average Bonchev–Trinajstić information content (AvgIpc) is 2.98. The van der Waals surface area contributed by atoms with Gasteiger partial charge < -0.3 is 19.2 Å². The number of methoxy groups -OCH3 is 1. The zero-order valence-corrected chi connectivity index (χ0v) is 15.7. The van der Waals surface area contributed by atoms with Gasteiger partial charge in [0.2, 0.25) is 0 Å². The highest BCUT2D eigenvalue weighted by atomic mass is 16.5. The number of furan rings is 1. The molecule has 0 saturated carbocycles. The van der Waals surface area contributed by atoms with Crippen LogP contribution in [-0.4, -0.2) is 35.5 Å². The van der Waals surface area contributed by atoms with E-state index in [9.17, 15) is 14.7 Å². The molecule has 27 heavy (non-hydrogen) atoms. The first-order chi connectivity index (χ1) is 13.0. The summed E-state index contributed by atoms with van der Waals surface area (Å²) >= 11 is 0. The summed E-state index contributed by atoms with van der Waals surface area (Å²) in [7, 11) is 1.62. The lowest BCUT2D eigenvalue weighted by Crippen LogP contribution is -2.34. The average molecular weight is 371 g/mol. The molecule has 1 aliphatic heterocycles. The highest BCUT2D eigenvalue weighted by Gasteiger charge is 2.30. The zero-order chi connectivity index (χ0) is 19.4. The number of aryl methyl sites for hydroxylation is 1. The van der Waals surface area contributed by atoms with Crippen molar-refractivity contribution in [2.45, 2.75) is 45.1 Å². The first-order valence-corrected chi connectivity index (χ1v) is 9.36. The number of carbonyl (C=O) groups is 2. The lowest BCUT2D eigenvalue weighted by atomic mass is 10.0. The number of hydrogen-bond donors (Lipinski definition) is 1. The van der Waals surface area contributed by atoms with Gasteiger partial charge in [0.1, 0.15) is 17.1 Å². The lowest BCUT2D eigenvalue weighted by Gasteiger charge is -2.30. The van der Waals surface area contributed by atoms with Crippen LogP contribution in [0.3, 0.4) is 0 Å². The number of nitrogens with zero attached hydrogens (tertiary/aromatic N) is 1. The monoisotopic (exact) mass is 371 g/mol. The van der Waals surface area contributed by atoms with Crippen molar-refractivity contribution < 1.29 is 23.8 Å². The van der Waals surface area contributed by atoms with Crippen molar-refractivity contribution >= 4 is 11.9 Å². The van der Waals surface area contributed by atoms with E-state index < -0.39 is 5.97 Å². The van der Waals surface area contributed by atoms with Crippen LogP contribution in [0.1, 0.15) is 70.9 Å². The Kier molecular flexibility index (Phi) is 5.84. The van der Waals surface area contributed by atoms with Crippen LogP contribution in [0.2, 0.25) is 0 Å². The predicted molar refractivity (Wildman–Crippen MR) is 100 cm³/mol. The minimum absolute atomic E-state index is 0.0608. The normalized spacial score (nSPS) is 17.4. The highest BCUT2D eigenvalue weighted by Crippen LogP contribution is 2.33. The van der Waals surface area contributed by atoms with Gasteiger partial charge >= 0.3 is 5.97 Å². The Bertz CT molecular complexity index is 808. The molecule has 1 N–H and O–H groups in total. The van der Waals surface area contributed by atoms with Gasteiger partial charge in [-0.1, -0.05) is 31.9 Å². The topological polar surface area (TPSA) is 80.0 Å². The Morgan fingerprint density at radius 2 is 1.96 bits per heavy atom. The Labute approximate surface area is 158 Å². The van der Waals surface area contributed by atoms with E-state index in [1.165, 1.54) is 6.07 Å². The number of carboxylic acids is 1. The van der Waals surface area contributed by atoms with Crippen LogP contribution in [0.25, 0.3) is 0 Å². The van der Waals surface area contributed by atoms with Crippen molar-refractivity contribution in [3.05, 3.63) is 53.0 Å². The van der Waals surface area contributed by atoms with Gasteiger partial charge in [-0.05, 0) is 30.5 Å². The van der Waals surface area contributed by atoms with Gasteiger partial charge in [0.15, 0.2) is 5.76 Å². The number of hydrogen-bond acceptors (Lipinski definition) is 4. The SMILES string of the molecule is CCc1oc(C(=O)N2CCCCCC2c2ccc(OC)cc2)cc1C(=O)O. The van der Waals surface area contributed by atoms with Gasteiger partial charge in [-0.25, -0.2) is 4.79 Å². The summed E-state index contributed by atoms with van der Waals surface area (Å²) in [5.41, 5.74) is 1.11. The molecular weight excluding hydrogens is 346 g/mol. The fraction of sp³-hybridized carbons (Fsp3) is 0.429. The molecule has 2 heterocycles. The maximum atomic E-state index is 13.2. The third kappa shape index (κ3) is 3.99. The summed E-state index contributed by atoms with van der Waals surface area (Å²) in [5, 5.41) is 9.33. The molecule has 1 saturated heterocycles. The molecule has 0 radical (unpaired) electrons. The van der Waals surface area contributed by atoms with Crippen molar-refractivity contribution in [3.8, 4) is 5.75 Å². The fourth-order valence-electron chi connectivity index (χ4n) is 3.64. The van der Waals surface area contributed by atoms with Gasteiger partial charge in [-0.3, -0.25) is 4.79 Å². The summed E-state index contributed by atoms with van der Waals surface area (Å²) in [4.78, 5) is 26.4. The zero-order valence-electron chi connectivity index (χ0n) is 15.7. The Morgan fingerprint density at radius 1 is 1.22 bits per heavy atom. The fourth-order valence-corrected chi connectivity index (χ4v) is 3.64. The molecule has 1 atom stereocenters. The number of benzene rings is 1. The minimum Gasteiger partial charge on any atom is -0.497 e. The number of rotatable bonds is 5. The Morgan fingerprint density at radius 3 is 2.56 bits per heavy atom. The molecule has 1 aromatic carbocycles. The van der Waals surface area contributed by atoms with E-state index in [1.54, 1.807) is 7.11 Å². The second-order valence-electron chi connectivity index (χ2n) is 6.74. The van der Waals surface area contributed by atoms with Crippen molar-refractivity contribution in [2.24, 2.45) is 0 Å². The molecule has 144 valence electrons. The van der Waals surface area contributed by atoms with E-state index >= 15 is 0 Å². The maximum absolute atomic E-state index is 13.2. The smallest absolute Gasteiger partial charge is 0.339 e. The summed E-state index contributed by atoms with van der Waals surface area (Å²) in [5.74, 6) is -0.113. The van der Waals surface area contributed by atoms with E-state index in [0.29, 0.717) is 18.7 Å². The van der Waals surface area contributed by atoms with Gasteiger partial charge in [-0.15, -0.1) is 0 Å². The third-order valence-corrected chi connectivity index (χ3v) is 5.09. The van der Waals surface area contributed by atoms with Crippen LogP contribution in [0.5, 0.6) is 5.75 Å². The first-order valence-electron chi connectivity index (χ1n) is 9.36. The highest BCUT2D eigenvalue weighted by molar-refractivity contribution is 5.96. The lowest BCUT2D eigenvalue weighted by molar-refractivity contribution is 0.0644. The van der Waals surface area contributed by atoms with Crippen LogP contribution in [0.4, 0.5) is 0 Å². The van der Waals surface area contributed by atoms with Crippen LogP contribution in [-0.2, 0) is 6.42 Å². The summed E-state index contributed by atoms with van der Waals surface area (Å²) in [6, 6.07) is 9.06. The third-order valence-electron chi connectivity index (χ3n) is 5.09. The molecule has 1 amide bonds. The van der Waals surface area contributed by atoms with Crippen molar-refractivity contribution in [3.63, 3.8) is 0 Å². The minimum atomic E-state index is -1.07. The number of amides is 1. The van der Waals surface area contributed by atoms with Crippen LogP contribution in [0.15, 0.2) is 34.7 Å². The molecule has 6 heteroatoms. The molecular formula is C21H25NO5. The van der Waals surface area contributed by atoms with E-state index in [1.807, 2.05) is 36.1 Å². The van der Waals surface area contributed by atoms with E-state index in [-0.39, 0.29) is 23.3 Å². The van der Waals surface area contributed by atoms with Gasteiger partial charge in [-0.2, -0.15) is 0 Å². The molecule has 6 nitrogen and oxygen atoms in total. The molecule has 0 bridgehead atoms. The quantitative estimate of drug-likeness (QED) is 0.847. The summed E-state index contributed by atoms with van der Waals surface area (Å²) in [6.07, 6.45) is 4.32. The predicted octanol–water partition coefficient (Wildman–Crippen LogP) is 4.31. The van der Waals surface area contributed by atoms with Gasteiger partial charge in [0.25, 0.3) is 5.91 Å². The number of likely N-dealkylation sites (tertiary alicyclic amines) is 1. The van der Waals surface area contributed by atoms with E-state index in [4.69, 9.17) is 9.15 Å². The largest absolute Gasteiger partial charge is 0.497 e. The molecule has 1 unspecified atom stereocenters. The van der Waals surface area contributed by atoms with Crippen LogP contribution >= 0.6 is 0 Å². The first kappa shape index (κ1) is 19.0. The molecule has 0 aliphatic carbocycles. The van der Waals surface area contributed by atoms with E-state index in [0.717, 1.165) is 37.0 Å². The maximum Gasteiger partial charge on any atom is 0.339 e. The van der Waals surface area contributed by atoms with E-state index in [2.05, 4.69) is 0 Å². The van der Waals surface area contributed by atoms with Crippen LogP contribution < -0.4 is 4.74 Å². The van der Waals surface area contributed by atoms with Gasteiger partial charge in [0, 0.05) is 19.0 Å².